The first-order chi connectivity index (χ1) is 11.1. The third-order valence-electron chi connectivity index (χ3n) is 3.63. The quantitative estimate of drug-likeness (QED) is 0.831. The topological polar surface area (TPSA) is 67.4 Å². The maximum absolute atomic E-state index is 12.2. The number of ether oxygens (including phenoxy) is 1. The van der Waals surface area contributed by atoms with Gasteiger partial charge >= 0.3 is 0 Å². The highest BCUT2D eigenvalue weighted by Gasteiger charge is 2.26. The molecule has 118 valence electrons. The minimum atomic E-state index is -0.378. The second-order valence-electron chi connectivity index (χ2n) is 5.27. The van der Waals surface area contributed by atoms with Crippen LogP contribution in [0.3, 0.4) is 0 Å². The van der Waals surface area contributed by atoms with E-state index in [0.29, 0.717) is 17.0 Å². The first-order valence-corrected chi connectivity index (χ1v) is 7.58. The number of hydrazine groups is 1. The molecule has 23 heavy (non-hydrogen) atoms. The first kappa shape index (κ1) is 15.4. The van der Waals surface area contributed by atoms with Gasteiger partial charge in [0, 0.05) is 10.6 Å². The molecule has 6 heteroatoms. The number of benzene rings is 2. The predicted molar refractivity (Wildman–Crippen MR) is 86.2 cm³/mol. The Labute approximate surface area is 138 Å². The molecular weight excluding hydrogens is 316 g/mol. The van der Waals surface area contributed by atoms with Crippen LogP contribution in [0.4, 0.5) is 0 Å². The lowest BCUT2D eigenvalue weighted by Gasteiger charge is -2.24. The number of hydrogen-bond acceptors (Lipinski definition) is 3. The summed E-state index contributed by atoms with van der Waals surface area (Å²) >= 11 is 5.96. The van der Waals surface area contributed by atoms with E-state index in [1.165, 1.54) is 0 Å². The van der Waals surface area contributed by atoms with Crippen molar-refractivity contribution in [1.82, 2.24) is 10.9 Å². The summed E-state index contributed by atoms with van der Waals surface area (Å²) in [4.78, 5) is 24.1. The van der Waals surface area contributed by atoms with E-state index in [2.05, 4.69) is 10.9 Å². The van der Waals surface area contributed by atoms with Crippen LogP contribution in [0.2, 0.25) is 5.02 Å². The van der Waals surface area contributed by atoms with Gasteiger partial charge in [0.2, 0.25) is 5.91 Å². The van der Waals surface area contributed by atoms with Crippen LogP contribution in [-0.4, -0.2) is 18.4 Å². The zero-order chi connectivity index (χ0) is 16.2. The third-order valence-corrected chi connectivity index (χ3v) is 3.87. The molecule has 2 N–H and O–H groups in total. The zero-order valence-corrected chi connectivity index (χ0v) is 13.0. The Morgan fingerprint density at radius 1 is 1.09 bits per heavy atom. The largest absolute Gasteiger partial charge is 0.492 e. The van der Waals surface area contributed by atoms with Gasteiger partial charge in [0.1, 0.15) is 12.4 Å². The van der Waals surface area contributed by atoms with Gasteiger partial charge in [-0.05, 0) is 42.3 Å². The van der Waals surface area contributed by atoms with Gasteiger partial charge in [-0.2, -0.15) is 0 Å². The molecule has 0 spiro atoms. The van der Waals surface area contributed by atoms with E-state index in [1.807, 2.05) is 6.07 Å². The molecule has 1 aliphatic rings. The Morgan fingerprint density at radius 3 is 2.65 bits per heavy atom. The number of hydrogen-bond donors (Lipinski definition) is 2. The fraction of sp³-hybridized carbons (Fsp3) is 0.176. The number of fused-ring (bicyclic) bond motifs is 1. The van der Waals surface area contributed by atoms with Crippen molar-refractivity contribution in [3.63, 3.8) is 0 Å². The molecular formula is C17H15ClN2O3. The minimum Gasteiger partial charge on any atom is -0.492 e. The van der Waals surface area contributed by atoms with Crippen molar-refractivity contribution in [1.29, 1.82) is 0 Å². The van der Waals surface area contributed by atoms with Gasteiger partial charge in [-0.1, -0.05) is 29.8 Å². The van der Waals surface area contributed by atoms with Gasteiger partial charge in [-0.15, -0.1) is 0 Å². The van der Waals surface area contributed by atoms with Crippen LogP contribution in [0.5, 0.6) is 5.75 Å². The molecule has 0 saturated heterocycles. The lowest BCUT2D eigenvalue weighted by Crippen LogP contribution is -2.47. The average Bonchev–Trinajstić information content (AvgIpc) is 2.59. The molecule has 0 unspecified atom stereocenters. The van der Waals surface area contributed by atoms with Gasteiger partial charge in [-0.25, -0.2) is 0 Å². The standard InChI is InChI=1S/C17H15ClN2O3/c18-14-6-7-15-12(9-14)8-13(10-23-15)17(22)20-19-16(21)11-4-2-1-3-5-11/h1-7,9,13H,8,10H2,(H,19,21)(H,20,22)/t13-/m0/s1. The summed E-state index contributed by atoms with van der Waals surface area (Å²) in [6.45, 7) is 0.266. The zero-order valence-electron chi connectivity index (χ0n) is 12.2. The van der Waals surface area contributed by atoms with Crippen LogP contribution in [0, 0.1) is 5.92 Å². The summed E-state index contributed by atoms with van der Waals surface area (Å²) < 4.78 is 5.57. The van der Waals surface area contributed by atoms with Gasteiger partial charge in [0.05, 0.1) is 5.92 Å². The summed E-state index contributed by atoms with van der Waals surface area (Å²) in [5.74, 6) is -0.289. The Balaban J connectivity index is 1.58. The van der Waals surface area contributed by atoms with E-state index < -0.39 is 0 Å². The maximum atomic E-state index is 12.2. The van der Waals surface area contributed by atoms with Crippen molar-refractivity contribution in [2.24, 2.45) is 5.92 Å². The summed E-state index contributed by atoms with van der Waals surface area (Å²) in [5, 5.41) is 0.603. The lowest BCUT2D eigenvalue weighted by atomic mass is 9.96. The summed E-state index contributed by atoms with van der Waals surface area (Å²) in [6.07, 6.45) is 0.517. The van der Waals surface area contributed by atoms with Crippen LogP contribution >= 0.6 is 11.6 Å². The SMILES string of the molecule is O=C(NNC(=O)[C@@H]1COc2ccc(Cl)cc2C1)c1ccccc1. The molecule has 3 rings (SSSR count). The number of nitrogens with one attached hydrogen (secondary N) is 2. The van der Waals surface area contributed by atoms with Crippen LogP contribution < -0.4 is 15.6 Å². The molecule has 0 saturated carbocycles. The third kappa shape index (κ3) is 3.63. The number of amides is 2. The summed E-state index contributed by atoms with van der Waals surface area (Å²) in [5.41, 5.74) is 6.22. The van der Waals surface area contributed by atoms with Gasteiger partial charge in [0.25, 0.3) is 5.91 Å². The molecule has 1 heterocycles. The Morgan fingerprint density at radius 2 is 1.87 bits per heavy atom. The Bertz CT molecular complexity index is 734. The van der Waals surface area contributed by atoms with E-state index in [4.69, 9.17) is 16.3 Å². The minimum absolute atomic E-state index is 0.266. The van der Waals surface area contributed by atoms with E-state index in [-0.39, 0.29) is 24.3 Å². The highest BCUT2D eigenvalue weighted by atomic mass is 35.5. The predicted octanol–water partition coefficient (Wildman–Crippen LogP) is 2.35. The van der Waals surface area contributed by atoms with Crippen molar-refractivity contribution in [3.8, 4) is 5.75 Å². The van der Waals surface area contributed by atoms with E-state index in [1.54, 1.807) is 42.5 Å². The molecule has 0 fully saturated rings. The Hall–Kier alpha value is -2.53. The number of carbonyl (C=O) groups is 2. The highest BCUT2D eigenvalue weighted by molar-refractivity contribution is 6.30. The average molecular weight is 331 g/mol. The normalized spacial score (nSPS) is 16.0. The van der Waals surface area contributed by atoms with E-state index in [0.717, 1.165) is 11.3 Å². The molecule has 2 amide bonds. The number of rotatable bonds is 2. The summed E-state index contributed by atoms with van der Waals surface area (Å²) in [7, 11) is 0. The Kier molecular flexibility index (Phi) is 4.48. The van der Waals surface area contributed by atoms with Crippen molar-refractivity contribution >= 4 is 23.4 Å². The van der Waals surface area contributed by atoms with Crippen molar-refractivity contribution < 1.29 is 14.3 Å². The fourth-order valence-corrected chi connectivity index (χ4v) is 2.61. The second-order valence-corrected chi connectivity index (χ2v) is 5.71. The maximum Gasteiger partial charge on any atom is 0.269 e. The highest BCUT2D eigenvalue weighted by Crippen LogP contribution is 2.29. The number of carbonyl (C=O) groups excluding carboxylic acids is 2. The number of halogens is 1. The van der Waals surface area contributed by atoms with Crippen LogP contribution in [0.15, 0.2) is 48.5 Å². The van der Waals surface area contributed by atoms with Crippen LogP contribution in [-0.2, 0) is 11.2 Å². The summed E-state index contributed by atoms with van der Waals surface area (Å²) in [6, 6.07) is 14.0. The monoisotopic (exact) mass is 330 g/mol. The second kappa shape index (κ2) is 6.71. The molecule has 0 bridgehead atoms. The van der Waals surface area contributed by atoms with Gasteiger partial charge in [-0.3, -0.25) is 20.4 Å². The lowest BCUT2D eigenvalue weighted by molar-refractivity contribution is -0.127. The molecule has 2 aromatic carbocycles. The molecule has 0 aromatic heterocycles. The smallest absolute Gasteiger partial charge is 0.269 e. The molecule has 2 aromatic rings. The van der Waals surface area contributed by atoms with Crippen molar-refractivity contribution in [3.05, 3.63) is 64.7 Å². The van der Waals surface area contributed by atoms with Crippen molar-refractivity contribution in [2.45, 2.75) is 6.42 Å². The van der Waals surface area contributed by atoms with E-state index in [9.17, 15) is 9.59 Å². The molecule has 5 nitrogen and oxygen atoms in total. The van der Waals surface area contributed by atoms with Gasteiger partial charge < -0.3 is 4.74 Å². The van der Waals surface area contributed by atoms with Crippen LogP contribution in [0.1, 0.15) is 15.9 Å². The molecule has 1 atom stereocenters. The molecule has 0 radical (unpaired) electrons. The van der Waals surface area contributed by atoms with Crippen molar-refractivity contribution in [2.75, 3.05) is 6.61 Å². The fourth-order valence-electron chi connectivity index (χ4n) is 2.41. The van der Waals surface area contributed by atoms with Gasteiger partial charge in [0.15, 0.2) is 0 Å². The van der Waals surface area contributed by atoms with E-state index >= 15 is 0 Å². The van der Waals surface area contributed by atoms with Crippen LogP contribution in [0.25, 0.3) is 0 Å². The first-order valence-electron chi connectivity index (χ1n) is 7.20. The molecule has 1 aliphatic heterocycles. The molecule has 0 aliphatic carbocycles.